The van der Waals surface area contributed by atoms with Crippen molar-refractivity contribution in [2.75, 3.05) is 0 Å². The van der Waals surface area contributed by atoms with Crippen LogP contribution in [-0.2, 0) is 0 Å². The second kappa shape index (κ2) is 3.38. The summed E-state index contributed by atoms with van der Waals surface area (Å²) in [7, 11) is 0. The lowest BCUT2D eigenvalue weighted by Gasteiger charge is -2.02. The SMILES string of the molecule is Cc1ccc(C=O)nc1C(F)F. The Morgan fingerprint density at radius 1 is 1.50 bits per heavy atom. The minimum Gasteiger partial charge on any atom is -0.296 e. The molecule has 0 aliphatic carbocycles. The van der Waals surface area contributed by atoms with Crippen LogP contribution in [0.5, 0.6) is 0 Å². The molecule has 0 aromatic carbocycles. The summed E-state index contributed by atoms with van der Waals surface area (Å²) >= 11 is 0. The molecule has 0 N–H and O–H groups in total. The minimum atomic E-state index is -2.62. The molecule has 0 unspecified atom stereocenters. The monoisotopic (exact) mass is 171 g/mol. The molecule has 0 fully saturated rings. The van der Waals surface area contributed by atoms with E-state index < -0.39 is 6.43 Å². The zero-order valence-corrected chi connectivity index (χ0v) is 6.42. The molecule has 0 amide bonds. The molecule has 1 aromatic heterocycles. The third-order valence-corrected chi connectivity index (χ3v) is 1.49. The fourth-order valence-electron chi connectivity index (χ4n) is 0.847. The van der Waals surface area contributed by atoms with Gasteiger partial charge in [0.25, 0.3) is 6.43 Å². The first-order chi connectivity index (χ1) is 5.65. The Kier molecular flexibility index (Phi) is 2.47. The van der Waals surface area contributed by atoms with Gasteiger partial charge in [0.15, 0.2) is 6.29 Å². The number of hydrogen-bond donors (Lipinski definition) is 0. The fourth-order valence-corrected chi connectivity index (χ4v) is 0.847. The predicted octanol–water partition coefficient (Wildman–Crippen LogP) is 2.14. The van der Waals surface area contributed by atoms with E-state index in [4.69, 9.17) is 0 Å². The van der Waals surface area contributed by atoms with Crippen molar-refractivity contribution in [3.05, 3.63) is 29.1 Å². The Balaban J connectivity index is 3.16. The van der Waals surface area contributed by atoms with Crippen molar-refractivity contribution in [3.8, 4) is 0 Å². The van der Waals surface area contributed by atoms with E-state index in [0.29, 0.717) is 11.8 Å². The highest BCUT2D eigenvalue weighted by Gasteiger charge is 2.12. The normalized spacial score (nSPS) is 10.3. The molecule has 0 aliphatic rings. The molecule has 0 bridgehead atoms. The molecule has 0 aliphatic heterocycles. The summed E-state index contributed by atoms with van der Waals surface area (Å²) in [5, 5.41) is 0. The van der Waals surface area contributed by atoms with Crippen LogP contribution in [0, 0.1) is 6.92 Å². The number of carbonyl (C=O) groups excluding carboxylic acids is 1. The maximum atomic E-state index is 12.2. The van der Waals surface area contributed by atoms with E-state index in [1.807, 2.05) is 0 Å². The van der Waals surface area contributed by atoms with Crippen LogP contribution >= 0.6 is 0 Å². The van der Waals surface area contributed by atoms with Crippen LogP contribution in [0.25, 0.3) is 0 Å². The average molecular weight is 171 g/mol. The molecule has 1 aromatic rings. The number of hydrogen-bond acceptors (Lipinski definition) is 2. The van der Waals surface area contributed by atoms with Crippen LogP contribution in [0.4, 0.5) is 8.78 Å². The average Bonchev–Trinajstić information content (AvgIpc) is 2.05. The smallest absolute Gasteiger partial charge is 0.280 e. The van der Waals surface area contributed by atoms with Crippen molar-refractivity contribution in [2.45, 2.75) is 13.3 Å². The molecule has 2 nitrogen and oxygen atoms in total. The van der Waals surface area contributed by atoms with Gasteiger partial charge in [0.2, 0.25) is 0 Å². The topological polar surface area (TPSA) is 30.0 Å². The largest absolute Gasteiger partial charge is 0.296 e. The molecular formula is C8H7F2NO. The summed E-state index contributed by atoms with van der Waals surface area (Å²) in [5.41, 5.74) is 0.117. The first-order valence-electron chi connectivity index (χ1n) is 3.36. The number of aldehydes is 1. The number of carbonyl (C=O) groups is 1. The van der Waals surface area contributed by atoms with Gasteiger partial charge in [-0.3, -0.25) is 4.79 Å². The minimum absolute atomic E-state index is 0.0379. The van der Waals surface area contributed by atoms with E-state index in [-0.39, 0.29) is 11.4 Å². The summed E-state index contributed by atoms with van der Waals surface area (Å²) < 4.78 is 24.3. The molecule has 1 rings (SSSR count). The Labute approximate surface area is 68.2 Å². The number of pyridine rings is 1. The first kappa shape index (κ1) is 8.77. The van der Waals surface area contributed by atoms with Crippen LogP contribution in [0.1, 0.15) is 28.2 Å². The standard InChI is InChI=1S/C8H7F2NO/c1-5-2-3-6(4-12)11-7(5)8(9)10/h2-4,8H,1H3. The van der Waals surface area contributed by atoms with E-state index >= 15 is 0 Å². The van der Waals surface area contributed by atoms with Gasteiger partial charge in [-0.25, -0.2) is 13.8 Å². The molecule has 0 atom stereocenters. The second-order valence-corrected chi connectivity index (χ2v) is 2.36. The molecule has 0 saturated carbocycles. The third-order valence-electron chi connectivity index (χ3n) is 1.49. The Morgan fingerprint density at radius 3 is 2.67 bits per heavy atom. The molecule has 64 valence electrons. The van der Waals surface area contributed by atoms with Gasteiger partial charge in [0.05, 0.1) is 0 Å². The number of rotatable bonds is 2. The van der Waals surface area contributed by atoms with E-state index in [0.717, 1.165) is 0 Å². The third kappa shape index (κ3) is 1.64. The highest BCUT2D eigenvalue weighted by molar-refractivity contribution is 5.71. The van der Waals surface area contributed by atoms with Gasteiger partial charge in [-0.2, -0.15) is 0 Å². The van der Waals surface area contributed by atoms with Crippen molar-refractivity contribution in [1.29, 1.82) is 0 Å². The molecule has 12 heavy (non-hydrogen) atoms. The molecule has 1 heterocycles. The van der Waals surface area contributed by atoms with Crippen LogP contribution in [0.2, 0.25) is 0 Å². The lowest BCUT2D eigenvalue weighted by molar-refractivity contribution is 0.111. The maximum absolute atomic E-state index is 12.2. The fraction of sp³-hybridized carbons (Fsp3) is 0.250. The van der Waals surface area contributed by atoms with E-state index in [9.17, 15) is 13.6 Å². The first-order valence-corrected chi connectivity index (χ1v) is 3.36. The van der Waals surface area contributed by atoms with Crippen molar-refractivity contribution < 1.29 is 13.6 Å². The summed E-state index contributed by atoms with van der Waals surface area (Å²) in [6.45, 7) is 1.53. The Hall–Kier alpha value is -1.32. The quantitative estimate of drug-likeness (QED) is 0.638. The zero-order valence-electron chi connectivity index (χ0n) is 6.42. The molecule has 0 radical (unpaired) electrons. The maximum Gasteiger partial charge on any atom is 0.280 e. The van der Waals surface area contributed by atoms with Gasteiger partial charge in [-0.05, 0) is 18.6 Å². The van der Waals surface area contributed by atoms with Gasteiger partial charge >= 0.3 is 0 Å². The summed E-state index contributed by atoms with van der Waals surface area (Å²) in [5.74, 6) is 0. The van der Waals surface area contributed by atoms with Crippen molar-refractivity contribution in [3.63, 3.8) is 0 Å². The van der Waals surface area contributed by atoms with Crippen molar-refractivity contribution in [2.24, 2.45) is 0 Å². The van der Waals surface area contributed by atoms with Crippen LogP contribution < -0.4 is 0 Å². The Morgan fingerprint density at radius 2 is 2.17 bits per heavy atom. The molecule has 0 saturated heterocycles. The van der Waals surface area contributed by atoms with Crippen molar-refractivity contribution in [1.82, 2.24) is 4.98 Å². The van der Waals surface area contributed by atoms with E-state index in [2.05, 4.69) is 4.98 Å². The van der Waals surface area contributed by atoms with Gasteiger partial charge in [-0.15, -0.1) is 0 Å². The number of aryl methyl sites for hydroxylation is 1. The van der Waals surface area contributed by atoms with Crippen LogP contribution in [0.15, 0.2) is 12.1 Å². The summed E-state index contributed by atoms with van der Waals surface area (Å²) in [6.07, 6.45) is -2.17. The van der Waals surface area contributed by atoms with E-state index in [1.165, 1.54) is 19.1 Å². The summed E-state index contributed by atoms with van der Waals surface area (Å²) in [4.78, 5) is 13.7. The molecular weight excluding hydrogens is 164 g/mol. The van der Waals surface area contributed by atoms with Gasteiger partial charge in [0.1, 0.15) is 11.4 Å². The highest BCUT2D eigenvalue weighted by Crippen LogP contribution is 2.19. The predicted molar refractivity (Wildman–Crippen MR) is 39.3 cm³/mol. The number of alkyl halides is 2. The highest BCUT2D eigenvalue weighted by atomic mass is 19.3. The zero-order chi connectivity index (χ0) is 9.14. The molecule has 0 spiro atoms. The Bertz CT molecular complexity index is 299. The van der Waals surface area contributed by atoms with Crippen LogP contribution in [0.3, 0.4) is 0 Å². The summed E-state index contributed by atoms with van der Waals surface area (Å²) in [6, 6.07) is 2.87. The number of halogens is 2. The van der Waals surface area contributed by atoms with Crippen molar-refractivity contribution >= 4 is 6.29 Å². The molecule has 4 heteroatoms. The van der Waals surface area contributed by atoms with Crippen LogP contribution in [-0.4, -0.2) is 11.3 Å². The van der Waals surface area contributed by atoms with Gasteiger partial charge < -0.3 is 0 Å². The van der Waals surface area contributed by atoms with Gasteiger partial charge in [-0.1, -0.05) is 6.07 Å². The lowest BCUT2D eigenvalue weighted by atomic mass is 10.2. The van der Waals surface area contributed by atoms with Gasteiger partial charge in [0, 0.05) is 0 Å². The lowest BCUT2D eigenvalue weighted by Crippen LogP contribution is -1.97. The number of aromatic nitrogens is 1. The number of nitrogens with zero attached hydrogens (tertiary/aromatic N) is 1. The van der Waals surface area contributed by atoms with E-state index in [1.54, 1.807) is 0 Å². The second-order valence-electron chi connectivity index (χ2n) is 2.36.